The van der Waals surface area contributed by atoms with Crippen molar-refractivity contribution in [3.05, 3.63) is 131 Å². The quantitative estimate of drug-likeness (QED) is 0.188. The fourth-order valence-electron chi connectivity index (χ4n) is 5.54. The summed E-state index contributed by atoms with van der Waals surface area (Å²) in [6, 6.07) is 40.0. The number of nitro benzene ring substituents is 1. The third kappa shape index (κ3) is 3.27. The molecule has 0 atom stereocenters. The van der Waals surface area contributed by atoms with E-state index in [-0.39, 0.29) is 10.6 Å². The van der Waals surface area contributed by atoms with Crippen LogP contribution in [-0.2, 0) is 0 Å². The number of fused-ring (bicyclic) bond motifs is 3. The smallest absolute Gasteiger partial charge is 0.258 e. The average molecular weight is 477 g/mol. The predicted molar refractivity (Wildman–Crippen MR) is 149 cm³/mol. The first-order valence-electron chi connectivity index (χ1n) is 12.2. The maximum Gasteiger partial charge on any atom is 0.270 e. The van der Waals surface area contributed by atoms with E-state index in [4.69, 9.17) is 4.98 Å². The number of hydrogen-bond acceptors (Lipinski definition) is 3. The second kappa shape index (κ2) is 8.25. The van der Waals surface area contributed by atoms with Gasteiger partial charge in [-0.1, -0.05) is 109 Å². The Morgan fingerprint density at radius 1 is 0.541 bits per heavy atom. The van der Waals surface area contributed by atoms with Crippen molar-refractivity contribution in [3.63, 3.8) is 0 Å². The Hall–Kier alpha value is -5.09. The Balaban J connectivity index is 1.69. The topological polar surface area (TPSA) is 56.0 Å². The van der Waals surface area contributed by atoms with Gasteiger partial charge < -0.3 is 0 Å². The zero-order chi connectivity index (χ0) is 24.9. The number of nitro groups is 1. The lowest BCUT2D eigenvalue weighted by atomic mass is 9.87. The fourth-order valence-corrected chi connectivity index (χ4v) is 5.54. The van der Waals surface area contributed by atoms with Crippen LogP contribution in [0.25, 0.3) is 66.7 Å². The molecule has 5 aromatic carbocycles. The third-order valence-corrected chi connectivity index (χ3v) is 7.08. The number of benzene rings is 5. The highest BCUT2D eigenvalue weighted by molar-refractivity contribution is 6.21. The van der Waals surface area contributed by atoms with E-state index in [0.717, 1.165) is 55.9 Å². The van der Waals surface area contributed by atoms with Crippen molar-refractivity contribution in [1.82, 2.24) is 4.98 Å². The summed E-state index contributed by atoms with van der Waals surface area (Å²) in [5, 5.41) is 14.1. The first kappa shape index (κ1) is 21.2. The molecule has 1 aliphatic rings. The summed E-state index contributed by atoms with van der Waals surface area (Å²) >= 11 is 0. The monoisotopic (exact) mass is 476 g/mol. The lowest BCUT2D eigenvalue weighted by molar-refractivity contribution is -0.384. The molecule has 37 heavy (non-hydrogen) atoms. The molecule has 0 unspecified atom stereocenters. The van der Waals surface area contributed by atoms with E-state index in [1.807, 2.05) is 42.5 Å². The Morgan fingerprint density at radius 2 is 1.11 bits per heavy atom. The van der Waals surface area contributed by atoms with Gasteiger partial charge in [-0.25, -0.2) is 4.98 Å². The van der Waals surface area contributed by atoms with Crippen LogP contribution in [0.4, 0.5) is 5.69 Å². The Morgan fingerprint density at radius 3 is 1.78 bits per heavy atom. The highest BCUT2D eigenvalue weighted by Gasteiger charge is 2.31. The predicted octanol–water partition coefficient (Wildman–Crippen LogP) is 8.79. The fraction of sp³-hybridized carbons (Fsp3) is 0. The number of pyridine rings is 1. The summed E-state index contributed by atoms with van der Waals surface area (Å²) in [5.74, 6) is 0. The van der Waals surface area contributed by atoms with Crippen molar-refractivity contribution in [3.8, 4) is 55.9 Å². The van der Waals surface area contributed by atoms with E-state index in [2.05, 4.69) is 60.7 Å². The molecule has 6 aromatic rings. The normalized spacial score (nSPS) is 11.5. The maximum atomic E-state index is 11.7. The summed E-state index contributed by atoms with van der Waals surface area (Å²) in [6.07, 6.45) is 0. The van der Waals surface area contributed by atoms with Crippen molar-refractivity contribution in [1.29, 1.82) is 0 Å². The number of non-ortho nitro benzene ring substituents is 1. The molecular weight excluding hydrogens is 456 g/mol. The standard InChI is InChI=1S/C33H20N2O2/c36-35(37)25-17-7-16-24(20-25)33-29(22-10-3-1-4-11-22)30-26-18-8-14-21-15-9-19-27(28(21)26)31(30)32(34-33)23-12-5-2-6-13-23/h1-20H. The van der Waals surface area contributed by atoms with Gasteiger partial charge in [0.25, 0.3) is 5.69 Å². The lowest BCUT2D eigenvalue weighted by Crippen LogP contribution is -1.99. The van der Waals surface area contributed by atoms with Crippen molar-refractivity contribution >= 4 is 16.5 Å². The Bertz CT molecular complexity index is 1840. The minimum atomic E-state index is -0.353. The highest BCUT2D eigenvalue weighted by atomic mass is 16.6. The van der Waals surface area contributed by atoms with Crippen LogP contribution in [-0.4, -0.2) is 9.91 Å². The van der Waals surface area contributed by atoms with Crippen molar-refractivity contribution < 1.29 is 4.92 Å². The molecule has 0 fully saturated rings. The van der Waals surface area contributed by atoms with E-state index in [0.29, 0.717) is 0 Å². The summed E-state index contributed by atoms with van der Waals surface area (Å²) in [4.78, 5) is 16.6. The SMILES string of the molecule is O=[N+]([O-])c1cccc(-c2nc(-c3ccccc3)c3c(c2-c2ccccc2)-c2cccc4cccc-3c24)c1. The van der Waals surface area contributed by atoms with Gasteiger partial charge in [-0.15, -0.1) is 0 Å². The first-order chi connectivity index (χ1) is 18.2. The summed E-state index contributed by atoms with van der Waals surface area (Å²) in [7, 11) is 0. The number of nitrogens with zero attached hydrogens (tertiary/aromatic N) is 2. The van der Waals surface area contributed by atoms with Crippen LogP contribution in [0, 0.1) is 10.1 Å². The Kier molecular flexibility index (Phi) is 4.73. The van der Waals surface area contributed by atoms with Crippen molar-refractivity contribution in [2.75, 3.05) is 0 Å². The molecule has 0 aliphatic heterocycles. The second-order valence-electron chi connectivity index (χ2n) is 9.18. The van der Waals surface area contributed by atoms with Crippen LogP contribution >= 0.6 is 0 Å². The van der Waals surface area contributed by atoms with Crippen LogP contribution in [0.1, 0.15) is 0 Å². The van der Waals surface area contributed by atoms with Crippen LogP contribution < -0.4 is 0 Å². The van der Waals surface area contributed by atoms with E-state index >= 15 is 0 Å². The van der Waals surface area contributed by atoms with Gasteiger partial charge in [0.2, 0.25) is 0 Å². The third-order valence-electron chi connectivity index (χ3n) is 7.08. The van der Waals surface area contributed by atoms with E-state index in [9.17, 15) is 10.1 Å². The van der Waals surface area contributed by atoms with Crippen LogP contribution in [0.3, 0.4) is 0 Å². The number of rotatable bonds is 4. The molecule has 1 aliphatic carbocycles. The molecular formula is C33H20N2O2. The first-order valence-corrected chi connectivity index (χ1v) is 12.2. The Labute approximate surface area is 213 Å². The van der Waals surface area contributed by atoms with Gasteiger partial charge in [-0.3, -0.25) is 10.1 Å². The molecule has 7 rings (SSSR count). The van der Waals surface area contributed by atoms with Gasteiger partial charge in [0.15, 0.2) is 0 Å². The molecule has 0 N–H and O–H groups in total. The van der Waals surface area contributed by atoms with Gasteiger partial charge in [0, 0.05) is 39.9 Å². The van der Waals surface area contributed by atoms with Crippen LogP contribution in [0.5, 0.6) is 0 Å². The largest absolute Gasteiger partial charge is 0.270 e. The second-order valence-corrected chi connectivity index (χ2v) is 9.18. The molecule has 4 heteroatoms. The molecule has 174 valence electrons. The number of hydrogen-bond donors (Lipinski definition) is 0. The molecule has 1 aromatic heterocycles. The van der Waals surface area contributed by atoms with Gasteiger partial charge in [-0.05, 0) is 27.5 Å². The minimum absolute atomic E-state index is 0.0467. The minimum Gasteiger partial charge on any atom is -0.258 e. The molecule has 4 nitrogen and oxygen atoms in total. The van der Waals surface area contributed by atoms with E-state index in [1.54, 1.807) is 12.1 Å². The molecule has 0 saturated heterocycles. The highest BCUT2D eigenvalue weighted by Crippen LogP contribution is 2.55. The summed E-state index contributed by atoms with van der Waals surface area (Å²) < 4.78 is 0. The van der Waals surface area contributed by atoms with E-state index < -0.39 is 0 Å². The summed E-state index contributed by atoms with van der Waals surface area (Å²) in [6.45, 7) is 0. The molecule has 1 heterocycles. The maximum absolute atomic E-state index is 11.7. The van der Waals surface area contributed by atoms with E-state index in [1.165, 1.54) is 16.8 Å². The van der Waals surface area contributed by atoms with Gasteiger partial charge in [0.05, 0.1) is 16.3 Å². The van der Waals surface area contributed by atoms with Gasteiger partial charge >= 0.3 is 0 Å². The van der Waals surface area contributed by atoms with Crippen LogP contribution in [0.2, 0.25) is 0 Å². The number of aromatic nitrogens is 1. The molecule has 0 spiro atoms. The molecule has 0 amide bonds. The molecule has 0 saturated carbocycles. The van der Waals surface area contributed by atoms with Gasteiger partial charge in [-0.2, -0.15) is 0 Å². The van der Waals surface area contributed by atoms with Gasteiger partial charge in [0.1, 0.15) is 0 Å². The molecule has 0 radical (unpaired) electrons. The zero-order valence-electron chi connectivity index (χ0n) is 19.8. The summed E-state index contributed by atoms with van der Waals surface area (Å²) in [5.41, 5.74) is 9.94. The van der Waals surface area contributed by atoms with Crippen molar-refractivity contribution in [2.24, 2.45) is 0 Å². The zero-order valence-corrected chi connectivity index (χ0v) is 19.8. The van der Waals surface area contributed by atoms with Crippen molar-refractivity contribution in [2.45, 2.75) is 0 Å². The van der Waals surface area contributed by atoms with Crippen LogP contribution in [0.15, 0.2) is 121 Å². The average Bonchev–Trinajstić information content (AvgIpc) is 3.29. The molecule has 0 bridgehead atoms. The lowest BCUT2D eigenvalue weighted by Gasteiger charge is -2.19.